The summed E-state index contributed by atoms with van der Waals surface area (Å²) < 4.78 is 38.1. The molecule has 0 unspecified atom stereocenters. The Morgan fingerprint density at radius 2 is 1.73 bits per heavy atom. The largest absolute Gasteiger partial charge is 0.484 e. The monoisotopic (exact) mass is 580 g/mol. The van der Waals surface area contributed by atoms with Crippen molar-refractivity contribution in [3.63, 3.8) is 0 Å². The van der Waals surface area contributed by atoms with Gasteiger partial charge in [-0.3, -0.25) is 9.59 Å². The molecule has 4 rings (SSSR count). The molecule has 4 aromatic rings. The van der Waals surface area contributed by atoms with Crippen LogP contribution in [0.25, 0.3) is 0 Å². The minimum absolute atomic E-state index is 0.0575. The molecular formula is C28H25ClN4O6S. The van der Waals surface area contributed by atoms with Crippen molar-refractivity contribution >= 4 is 45.3 Å². The van der Waals surface area contributed by atoms with E-state index in [4.69, 9.17) is 20.8 Å². The molecule has 206 valence electrons. The van der Waals surface area contributed by atoms with Gasteiger partial charge in [0.05, 0.1) is 30.5 Å². The topological polar surface area (TPSA) is 130 Å². The van der Waals surface area contributed by atoms with Crippen LogP contribution in [-0.2, 0) is 26.2 Å². The fraction of sp³-hybridized carbons (Fsp3) is 0.107. The van der Waals surface area contributed by atoms with Crippen molar-refractivity contribution in [3.8, 4) is 5.75 Å². The predicted octanol–water partition coefficient (Wildman–Crippen LogP) is 4.29. The number of benzene rings is 3. The quantitative estimate of drug-likeness (QED) is 0.190. The SMILES string of the molecule is O=C(CN(Cc1ccco1)S(=O)(=O)c1ccccc1)N/N=C/c1ccc(OCC(=O)Nc2cccc(Cl)c2)cc1. The molecule has 0 atom stereocenters. The lowest BCUT2D eigenvalue weighted by Gasteiger charge is -2.20. The van der Waals surface area contributed by atoms with Crippen molar-refractivity contribution in [1.82, 2.24) is 9.73 Å². The molecule has 0 radical (unpaired) electrons. The van der Waals surface area contributed by atoms with E-state index < -0.39 is 22.5 Å². The zero-order valence-electron chi connectivity index (χ0n) is 21.1. The Labute approximate surface area is 236 Å². The van der Waals surface area contributed by atoms with Gasteiger partial charge in [0.1, 0.15) is 11.5 Å². The molecule has 40 heavy (non-hydrogen) atoms. The van der Waals surface area contributed by atoms with Gasteiger partial charge in [-0.25, -0.2) is 13.8 Å². The second-order valence-corrected chi connectivity index (χ2v) is 10.7. The second-order valence-electron chi connectivity index (χ2n) is 8.37. The number of furan rings is 1. The first kappa shape index (κ1) is 28.6. The van der Waals surface area contributed by atoms with E-state index in [0.717, 1.165) is 4.31 Å². The number of anilines is 1. The first-order valence-electron chi connectivity index (χ1n) is 12.0. The highest BCUT2D eigenvalue weighted by atomic mass is 35.5. The number of rotatable bonds is 12. The summed E-state index contributed by atoms with van der Waals surface area (Å²) in [5.74, 6) is -0.124. The molecule has 0 aliphatic rings. The van der Waals surface area contributed by atoms with Crippen molar-refractivity contribution in [2.75, 3.05) is 18.5 Å². The Hall–Kier alpha value is -4.45. The van der Waals surface area contributed by atoms with Crippen LogP contribution >= 0.6 is 11.6 Å². The normalized spacial score (nSPS) is 11.4. The van der Waals surface area contributed by atoms with Crippen LogP contribution in [0.5, 0.6) is 5.75 Å². The van der Waals surface area contributed by atoms with Crippen LogP contribution < -0.4 is 15.5 Å². The van der Waals surface area contributed by atoms with Gasteiger partial charge >= 0.3 is 0 Å². The summed E-state index contributed by atoms with van der Waals surface area (Å²) in [6.07, 6.45) is 2.83. The van der Waals surface area contributed by atoms with Crippen LogP contribution in [0.2, 0.25) is 5.02 Å². The smallest absolute Gasteiger partial charge is 0.262 e. The van der Waals surface area contributed by atoms with Crippen molar-refractivity contribution in [2.24, 2.45) is 5.10 Å². The third-order valence-corrected chi connectivity index (χ3v) is 7.42. The van der Waals surface area contributed by atoms with Gasteiger partial charge in [0.25, 0.3) is 11.8 Å². The van der Waals surface area contributed by atoms with E-state index in [1.807, 2.05) is 0 Å². The molecule has 0 saturated heterocycles. The molecule has 0 bridgehead atoms. The van der Waals surface area contributed by atoms with Crippen LogP contribution in [0, 0.1) is 0 Å². The van der Waals surface area contributed by atoms with E-state index >= 15 is 0 Å². The number of ether oxygens (including phenoxy) is 1. The summed E-state index contributed by atoms with van der Waals surface area (Å²) in [6.45, 7) is -0.796. The fourth-order valence-electron chi connectivity index (χ4n) is 3.48. The molecule has 0 aliphatic heterocycles. The van der Waals surface area contributed by atoms with E-state index in [0.29, 0.717) is 27.8 Å². The van der Waals surface area contributed by atoms with Gasteiger partial charge in [0.15, 0.2) is 6.61 Å². The summed E-state index contributed by atoms with van der Waals surface area (Å²) in [5, 5.41) is 7.12. The Kier molecular flexibility index (Phi) is 9.68. The fourth-order valence-corrected chi connectivity index (χ4v) is 5.05. The summed E-state index contributed by atoms with van der Waals surface area (Å²) in [4.78, 5) is 24.7. The highest BCUT2D eigenvalue weighted by Crippen LogP contribution is 2.19. The zero-order chi connectivity index (χ0) is 28.4. The van der Waals surface area contributed by atoms with Gasteiger partial charge < -0.3 is 14.5 Å². The molecule has 2 amide bonds. The predicted molar refractivity (Wildman–Crippen MR) is 151 cm³/mol. The Balaban J connectivity index is 1.29. The lowest BCUT2D eigenvalue weighted by Crippen LogP contribution is -2.38. The molecule has 12 heteroatoms. The number of hydrogen-bond donors (Lipinski definition) is 2. The molecule has 2 N–H and O–H groups in total. The molecule has 0 spiro atoms. The Morgan fingerprint density at radius 1 is 0.950 bits per heavy atom. The Bertz CT molecular complexity index is 1560. The average Bonchev–Trinajstić information content (AvgIpc) is 3.46. The minimum Gasteiger partial charge on any atom is -0.484 e. The van der Waals surface area contributed by atoms with Crippen LogP contribution in [0.1, 0.15) is 11.3 Å². The maximum absolute atomic E-state index is 13.1. The van der Waals surface area contributed by atoms with Crippen LogP contribution in [0.3, 0.4) is 0 Å². The van der Waals surface area contributed by atoms with Crippen molar-refractivity contribution in [2.45, 2.75) is 11.4 Å². The van der Waals surface area contributed by atoms with E-state index in [1.165, 1.54) is 24.6 Å². The zero-order valence-corrected chi connectivity index (χ0v) is 22.6. The molecule has 1 aromatic heterocycles. The number of carbonyl (C=O) groups is 2. The number of hydrogen-bond acceptors (Lipinski definition) is 7. The molecule has 0 fully saturated rings. The van der Waals surface area contributed by atoms with Gasteiger partial charge in [-0.05, 0) is 72.3 Å². The first-order chi connectivity index (χ1) is 19.3. The van der Waals surface area contributed by atoms with E-state index in [1.54, 1.807) is 78.9 Å². The van der Waals surface area contributed by atoms with Crippen LogP contribution in [0.15, 0.2) is 112 Å². The summed E-state index contributed by atoms with van der Waals surface area (Å²) in [6, 6.07) is 24.5. The highest BCUT2D eigenvalue weighted by molar-refractivity contribution is 7.89. The van der Waals surface area contributed by atoms with Crippen molar-refractivity contribution in [1.29, 1.82) is 0 Å². The van der Waals surface area contributed by atoms with E-state index in [9.17, 15) is 18.0 Å². The van der Waals surface area contributed by atoms with Gasteiger partial charge in [-0.2, -0.15) is 9.41 Å². The summed E-state index contributed by atoms with van der Waals surface area (Å²) in [5.41, 5.74) is 3.55. The number of nitrogens with zero attached hydrogens (tertiary/aromatic N) is 2. The highest BCUT2D eigenvalue weighted by Gasteiger charge is 2.27. The molecule has 10 nitrogen and oxygen atoms in total. The van der Waals surface area contributed by atoms with E-state index in [2.05, 4.69) is 15.8 Å². The number of carbonyl (C=O) groups excluding carboxylic acids is 2. The third kappa shape index (κ3) is 8.27. The third-order valence-electron chi connectivity index (χ3n) is 5.37. The number of nitrogens with one attached hydrogen (secondary N) is 2. The molecule has 3 aromatic carbocycles. The molecule has 0 aliphatic carbocycles. The van der Waals surface area contributed by atoms with Crippen molar-refractivity contribution in [3.05, 3.63) is 114 Å². The summed E-state index contributed by atoms with van der Waals surface area (Å²) >= 11 is 5.91. The molecule has 0 saturated carbocycles. The number of amides is 2. The first-order valence-corrected chi connectivity index (χ1v) is 13.8. The average molecular weight is 581 g/mol. The van der Waals surface area contributed by atoms with Gasteiger partial charge in [0, 0.05) is 10.7 Å². The minimum atomic E-state index is -3.97. The lowest BCUT2D eigenvalue weighted by atomic mass is 10.2. The van der Waals surface area contributed by atoms with Crippen LogP contribution in [-0.4, -0.2) is 43.9 Å². The number of sulfonamides is 1. The summed E-state index contributed by atoms with van der Waals surface area (Å²) in [7, 11) is -3.97. The maximum atomic E-state index is 13.1. The number of halogens is 1. The van der Waals surface area contributed by atoms with Crippen LogP contribution in [0.4, 0.5) is 5.69 Å². The van der Waals surface area contributed by atoms with E-state index in [-0.39, 0.29) is 24.0 Å². The molecular weight excluding hydrogens is 556 g/mol. The van der Waals surface area contributed by atoms with Gasteiger partial charge in [-0.15, -0.1) is 0 Å². The van der Waals surface area contributed by atoms with Gasteiger partial charge in [0.2, 0.25) is 10.0 Å². The standard InChI is InChI=1S/C28H25ClN4O6S/c29-22-6-4-7-23(16-22)31-28(35)20-39-24-13-11-21(12-14-24)17-30-32-27(34)19-33(18-25-8-5-15-38-25)40(36,37)26-9-2-1-3-10-26/h1-17H,18-20H2,(H,31,35)(H,32,34)/b30-17+. The van der Waals surface area contributed by atoms with Gasteiger partial charge in [-0.1, -0.05) is 35.9 Å². The maximum Gasteiger partial charge on any atom is 0.262 e. The molecule has 1 heterocycles. The Morgan fingerprint density at radius 3 is 2.42 bits per heavy atom. The second kappa shape index (κ2) is 13.6. The number of hydrazone groups is 1. The lowest BCUT2D eigenvalue weighted by molar-refractivity contribution is -0.121. The van der Waals surface area contributed by atoms with Crippen molar-refractivity contribution < 1.29 is 27.2 Å².